The van der Waals surface area contributed by atoms with E-state index in [9.17, 15) is 5.11 Å². The topological polar surface area (TPSA) is 69.0 Å². The molecule has 0 amide bonds. The molecule has 0 unspecified atom stereocenters. The van der Waals surface area contributed by atoms with E-state index < -0.39 is 5.60 Å². The Morgan fingerprint density at radius 1 is 1.57 bits per heavy atom. The predicted octanol–water partition coefficient (Wildman–Crippen LogP) is 2.97. The molecule has 1 rings (SSSR count). The van der Waals surface area contributed by atoms with E-state index in [0.717, 1.165) is 4.47 Å². The lowest BCUT2D eigenvalue weighted by Gasteiger charge is -2.22. The minimum atomic E-state index is -1.13. The normalized spacial score (nSPS) is 14.2. The second-order valence-corrected chi connectivity index (χ2v) is 4.00. The monoisotopic (exact) mass is 255 g/mol. The molecule has 1 aromatic carbocycles. The highest BCUT2D eigenvalue weighted by Gasteiger charge is 2.23. The van der Waals surface area contributed by atoms with Gasteiger partial charge in [0, 0.05) is 9.38 Å². The summed E-state index contributed by atoms with van der Waals surface area (Å²) in [5, 5.41) is 13.4. The maximum atomic E-state index is 10.0. The van der Waals surface area contributed by atoms with E-state index >= 15 is 0 Å². The summed E-state index contributed by atoms with van der Waals surface area (Å²) in [6.07, 6.45) is 0. The molecule has 0 radical (unpaired) electrons. The number of nitrogens with zero attached hydrogens (tertiary/aromatic N) is 3. The van der Waals surface area contributed by atoms with Crippen molar-refractivity contribution in [1.82, 2.24) is 0 Å². The summed E-state index contributed by atoms with van der Waals surface area (Å²) in [5.74, 6) is 0. The predicted molar refractivity (Wildman–Crippen MR) is 57.7 cm³/mol. The molecule has 0 heterocycles. The van der Waals surface area contributed by atoms with Crippen LogP contribution >= 0.6 is 15.9 Å². The minimum absolute atomic E-state index is 0.0200. The molecule has 0 aliphatic carbocycles. The summed E-state index contributed by atoms with van der Waals surface area (Å²) in [4.78, 5) is 2.63. The van der Waals surface area contributed by atoms with Crippen LogP contribution in [0.25, 0.3) is 10.4 Å². The maximum Gasteiger partial charge on any atom is 0.0935 e. The van der Waals surface area contributed by atoms with Gasteiger partial charge < -0.3 is 5.11 Å². The molecule has 1 atom stereocenters. The van der Waals surface area contributed by atoms with Gasteiger partial charge in [0.1, 0.15) is 0 Å². The molecule has 4 nitrogen and oxygen atoms in total. The van der Waals surface area contributed by atoms with Crippen molar-refractivity contribution in [1.29, 1.82) is 0 Å². The van der Waals surface area contributed by atoms with Crippen molar-refractivity contribution in [3.05, 3.63) is 44.7 Å². The van der Waals surface area contributed by atoms with Crippen LogP contribution in [0.2, 0.25) is 0 Å². The molecule has 0 aliphatic heterocycles. The van der Waals surface area contributed by atoms with Crippen molar-refractivity contribution in [2.24, 2.45) is 5.11 Å². The molecule has 0 aromatic heterocycles. The Kier molecular flexibility index (Phi) is 3.52. The zero-order valence-electron chi connectivity index (χ0n) is 7.68. The third-order valence-corrected chi connectivity index (χ3v) is 2.59. The highest BCUT2D eigenvalue weighted by molar-refractivity contribution is 9.10. The van der Waals surface area contributed by atoms with E-state index in [-0.39, 0.29) is 6.54 Å². The smallest absolute Gasteiger partial charge is 0.0935 e. The van der Waals surface area contributed by atoms with Crippen molar-refractivity contribution < 1.29 is 5.11 Å². The summed E-state index contributed by atoms with van der Waals surface area (Å²) < 4.78 is 0.804. The number of hydrogen-bond acceptors (Lipinski definition) is 2. The maximum absolute atomic E-state index is 10.0. The molecule has 1 aromatic rings. The average molecular weight is 256 g/mol. The first kappa shape index (κ1) is 11.0. The largest absolute Gasteiger partial charge is 0.385 e. The van der Waals surface area contributed by atoms with Gasteiger partial charge in [0.2, 0.25) is 0 Å². The summed E-state index contributed by atoms with van der Waals surface area (Å²) in [6, 6.07) is 7.30. The molecule has 5 heteroatoms. The number of benzene rings is 1. The lowest BCUT2D eigenvalue weighted by atomic mass is 9.96. The van der Waals surface area contributed by atoms with Gasteiger partial charge in [-0.3, -0.25) is 0 Å². The zero-order chi connectivity index (χ0) is 10.6. The summed E-state index contributed by atoms with van der Waals surface area (Å²) in [5.41, 5.74) is 7.76. The molecule has 0 aliphatic rings. The fourth-order valence-electron chi connectivity index (χ4n) is 1.15. The van der Waals surface area contributed by atoms with Gasteiger partial charge in [-0.05, 0) is 24.1 Å². The van der Waals surface area contributed by atoms with Gasteiger partial charge in [-0.15, -0.1) is 0 Å². The van der Waals surface area contributed by atoms with E-state index in [4.69, 9.17) is 5.53 Å². The Morgan fingerprint density at radius 2 is 2.21 bits per heavy atom. The number of aliphatic hydroxyl groups is 1. The van der Waals surface area contributed by atoms with Crippen LogP contribution in [0.4, 0.5) is 0 Å². The highest BCUT2D eigenvalue weighted by atomic mass is 79.9. The molecule has 1 N–H and O–H groups in total. The van der Waals surface area contributed by atoms with E-state index in [1.54, 1.807) is 13.0 Å². The quantitative estimate of drug-likeness (QED) is 0.504. The average Bonchev–Trinajstić information content (AvgIpc) is 2.15. The first-order chi connectivity index (χ1) is 6.58. The van der Waals surface area contributed by atoms with Crippen molar-refractivity contribution in [2.75, 3.05) is 6.54 Å². The molecular formula is C9H10BrN3O. The molecule has 74 valence electrons. The Balaban J connectivity index is 3.02. The van der Waals surface area contributed by atoms with Crippen molar-refractivity contribution in [3.63, 3.8) is 0 Å². The van der Waals surface area contributed by atoms with Crippen molar-refractivity contribution >= 4 is 15.9 Å². The number of halogens is 1. The van der Waals surface area contributed by atoms with Crippen LogP contribution in [-0.4, -0.2) is 11.7 Å². The summed E-state index contributed by atoms with van der Waals surface area (Å²) in [6.45, 7) is 1.63. The molecule has 14 heavy (non-hydrogen) atoms. The second kappa shape index (κ2) is 4.46. The minimum Gasteiger partial charge on any atom is -0.385 e. The standard InChI is InChI=1S/C9H10BrN3O/c1-9(14,6-12-13-11)7-4-2-3-5-8(7)10/h2-5,14H,6H2,1H3/t9-/m1/s1. The van der Waals surface area contributed by atoms with E-state index in [0.29, 0.717) is 5.56 Å². The van der Waals surface area contributed by atoms with E-state index in [2.05, 4.69) is 26.0 Å². The molecule has 0 saturated carbocycles. The first-order valence-corrected chi connectivity index (χ1v) is 4.85. The summed E-state index contributed by atoms with van der Waals surface area (Å²) >= 11 is 3.33. The van der Waals surface area contributed by atoms with Gasteiger partial charge in [-0.1, -0.05) is 39.2 Å². The Labute approximate surface area is 90.3 Å². The Bertz CT molecular complexity index is 372. The van der Waals surface area contributed by atoms with Gasteiger partial charge in [-0.25, -0.2) is 0 Å². The molecule has 0 fully saturated rings. The van der Waals surface area contributed by atoms with E-state index in [1.165, 1.54) is 0 Å². The van der Waals surface area contributed by atoms with Crippen molar-refractivity contribution in [3.8, 4) is 0 Å². The van der Waals surface area contributed by atoms with Crippen LogP contribution in [-0.2, 0) is 5.60 Å². The lowest BCUT2D eigenvalue weighted by molar-refractivity contribution is 0.0662. The van der Waals surface area contributed by atoms with Crippen LogP contribution < -0.4 is 0 Å². The van der Waals surface area contributed by atoms with Crippen LogP contribution in [0.1, 0.15) is 12.5 Å². The number of hydrogen-bond donors (Lipinski definition) is 1. The number of rotatable bonds is 3. The SMILES string of the molecule is C[C@@](O)(CN=[N+]=[N-])c1ccccc1Br. The first-order valence-electron chi connectivity index (χ1n) is 4.06. The fraction of sp³-hybridized carbons (Fsp3) is 0.333. The van der Waals surface area contributed by atoms with Gasteiger partial charge in [0.25, 0.3) is 0 Å². The van der Waals surface area contributed by atoms with E-state index in [1.807, 2.05) is 18.2 Å². The molecule has 0 bridgehead atoms. The third kappa shape index (κ3) is 2.48. The second-order valence-electron chi connectivity index (χ2n) is 3.14. The van der Waals surface area contributed by atoms with Crippen molar-refractivity contribution in [2.45, 2.75) is 12.5 Å². The van der Waals surface area contributed by atoms with Crippen LogP contribution in [0.3, 0.4) is 0 Å². The Morgan fingerprint density at radius 3 is 2.79 bits per heavy atom. The molecule has 0 saturated heterocycles. The molecular weight excluding hydrogens is 246 g/mol. The Hall–Kier alpha value is -1.03. The van der Waals surface area contributed by atoms with Gasteiger partial charge in [0.15, 0.2) is 0 Å². The van der Waals surface area contributed by atoms with Gasteiger partial charge >= 0.3 is 0 Å². The zero-order valence-corrected chi connectivity index (χ0v) is 9.27. The van der Waals surface area contributed by atoms with Gasteiger partial charge in [0.05, 0.1) is 12.1 Å². The van der Waals surface area contributed by atoms with Crippen LogP contribution in [0.15, 0.2) is 33.9 Å². The van der Waals surface area contributed by atoms with Crippen LogP contribution in [0, 0.1) is 0 Å². The van der Waals surface area contributed by atoms with Crippen LogP contribution in [0.5, 0.6) is 0 Å². The highest BCUT2D eigenvalue weighted by Crippen LogP contribution is 2.28. The molecule has 0 spiro atoms. The fourth-order valence-corrected chi connectivity index (χ4v) is 1.86. The number of azide groups is 1. The third-order valence-electron chi connectivity index (χ3n) is 1.90. The summed E-state index contributed by atoms with van der Waals surface area (Å²) in [7, 11) is 0. The lowest BCUT2D eigenvalue weighted by Crippen LogP contribution is -2.25. The van der Waals surface area contributed by atoms with Gasteiger partial charge in [-0.2, -0.15) is 0 Å².